The van der Waals surface area contributed by atoms with E-state index in [-0.39, 0.29) is 5.56 Å². The van der Waals surface area contributed by atoms with Crippen molar-refractivity contribution >= 4 is 17.6 Å². The second-order valence-electron chi connectivity index (χ2n) is 6.06. The molecule has 0 saturated heterocycles. The number of ether oxygens (including phenoxy) is 1. The molecule has 0 bridgehead atoms. The lowest BCUT2D eigenvalue weighted by Crippen LogP contribution is -2.31. The maximum absolute atomic E-state index is 11.6. The van der Waals surface area contributed by atoms with Crippen molar-refractivity contribution in [1.82, 2.24) is 0 Å². The van der Waals surface area contributed by atoms with Crippen molar-refractivity contribution in [2.45, 2.75) is 5.41 Å². The minimum atomic E-state index is -0.994. The van der Waals surface area contributed by atoms with E-state index in [0.29, 0.717) is 17.4 Å². The van der Waals surface area contributed by atoms with E-state index in [2.05, 4.69) is 0 Å². The van der Waals surface area contributed by atoms with E-state index in [4.69, 9.17) is 16.3 Å². The standard InChI is InChI=1S/C21H15ClO3/c22-16-9-4-8-15(12-16)21(14-6-2-1-3-7-14)13-25-19-17(20(23)24)10-5-11-18(19)21/h1-12H,13H2,(H,23,24). The van der Waals surface area contributed by atoms with Crippen LogP contribution in [-0.2, 0) is 5.41 Å². The Labute approximate surface area is 150 Å². The molecule has 25 heavy (non-hydrogen) atoms. The third-order valence-corrected chi connectivity index (χ3v) is 4.96. The number of para-hydroxylation sites is 1. The Morgan fingerprint density at radius 1 is 0.960 bits per heavy atom. The summed E-state index contributed by atoms with van der Waals surface area (Å²) >= 11 is 6.25. The van der Waals surface area contributed by atoms with E-state index in [1.807, 2.05) is 60.7 Å². The number of aromatic carboxylic acids is 1. The van der Waals surface area contributed by atoms with Crippen molar-refractivity contribution < 1.29 is 14.6 Å². The average Bonchev–Trinajstić information content (AvgIpc) is 3.03. The first-order valence-electron chi connectivity index (χ1n) is 7.94. The molecule has 0 saturated carbocycles. The predicted molar refractivity (Wildman–Crippen MR) is 96.7 cm³/mol. The molecule has 0 aromatic heterocycles. The van der Waals surface area contributed by atoms with E-state index in [1.54, 1.807) is 12.1 Å². The first kappa shape index (κ1) is 15.7. The lowest BCUT2D eigenvalue weighted by molar-refractivity contribution is 0.0693. The molecule has 4 heteroatoms. The van der Waals surface area contributed by atoms with Crippen LogP contribution in [0.5, 0.6) is 5.75 Å². The summed E-state index contributed by atoms with van der Waals surface area (Å²) in [7, 11) is 0. The third-order valence-electron chi connectivity index (χ3n) is 4.72. The molecule has 0 aliphatic carbocycles. The molecular formula is C21H15ClO3. The Morgan fingerprint density at radius 3 is 2.40 bits per heavy atom. The minimum absolute atomic E-state index is 0.178. The van der Waals surface area contributed by atoms with E-state index >= 15 is 0 Å². The molecule has 1 aliphatic heterocycles. The molecule has 1 aliphatic rings. The van der Waals surface area contributed by atoms with Crippen LogP contribution in [0.4, 0.5) is 0 Å². The summed E-state index contributed by atoms with van der Waals surface area (Å²) < 4.78 is 5.93. The van der Waals surface area contributed by atoms with Crippen molar-refractivity contribution in [2.24, 2.45) is 0 Å². The molecule has 0 fully saturated rings. The Kier molecular flexibility index (Phi) is 3.74. The van der Waals surface area contributed by atoms with Gasteiger partial charge in [-0.3, -0.25) is 0 Å². The highest BCUT2D eigenvalue weighted by molar-refractivity contribution is 6.30. The number of fused-ring (bicyclic) bond motifs is 1. The molecule has 1 N–H and O–H groups in total. The molecule has 1 atom stereocenters. The highest BCUT2D eigenvalue weighted by Crippen LogP contribution is 2.49. The molecule has 3 aromatic carbocycles. The molecule has 0 radical (unpaired) electrons. The molecule has 0 spiro atoms. The van der Waals surface area contributed by atoms with Gasteiger partial charge in [-0.15, -0.1) is 0 Å². The van der Waals surface area contributed by atoms with E-state index in [9.17, 15) is 9.90 Å². The fourth-order valence-corrected chi connectivity index (χ4v) is 3.77. The largest absolute Gasteiger partial charge is 0.491 e. The number of hydrogen-bond acceptors (Lipinski definition) is 2. The minimum Gasteiger partial charge on any atom is -0.491 e. The number of carboxylic acids is 1. The van der Waals surface area contributed by atoms with Crippen LogP contribution in [0.2, 0.25) is 5.02 Å². The number of carbonyl (C=O) groups is 1. The highest BCUT2D eigenvalue weighted by Gasteiger charge is 2.45. The summed E-state index contributed by atoms with van der Waals surface area (Å²) in [6, 6.07) is 22.9. The second-order valence-corrected chi connectivity index (χ2v) is 6.49. The summed E-state index contributed by atoms with van der Waals surface area (Å²) in [5.74, 6) is -0.564. The molecule has 0 amide bonds. The smallest absolute Gasteiger partial charge is 0.339 e. The fourth-order valence-electron chi connectivity index (χ4n) is 3.58. The number of benzene rings is 3. The van der Waals surface area contributed by atoms with Gasteiger partial charge in [-0.25, -0.2) is 4.79 Å². The molecule has 1 unspecified atom stereocenters. The molecule has 124 valence electrons. The maximum atomic E-state index is 11.6. The zero-order valence-corrected chi connectivity index (χ0v) is 14.0. The van der Waals surface area contributed by atoms with Gasteiger partial charge in [0.25, 0.3) is 0 Å². The van der Waals surface area contributed by atoms with Crippen LogP contribution in [-0.4, -0.2) is 17.7 Å². The Bertz CT molecular complexity index is 952. The molecule has 4 rings (SSSR count). The number of carboxylic acid groups (broad SMARTS) is 1. The first-order chi connectivity index (χ1) is 12.1. The summed E-state index contributed by atoms with van der Waals surface area (Å²) in [4.78, 5) is 11.6. The van der Waals surface area contributed by atoms with Gasteiger partial charge in [0.2, 0.25) is 0 Å². The zero-order valence-electron chi connectivity index (χ0n) is 13.3. The van der Waals surface area contributed by atoms with Crippen molar-refractivity contribution in [3.8, 4) is 5.75 Å². The highest BCUT2D eigenvalue weighted by atomic mass is 35.5. The van der Waals surface area contributed by atoms with Gasteiger partial charge in [0.1, 0.15) is 17.9 Å². The van der Waals surface area contributed by atoms with Crippen LogP contribution < -0.4 is 4.74 Å². The van der Waals surface area contributed by atoms with Crippen LogP contribution >= 0.6 is 11.6 Å². The van der Waals surface area contributed by atoms with Crippen molar-refractivity contribution in [3.63, 3.8) is 0 Å². The van der Waals surface area contributed by atoms with Crippen molar-refractivity contribution in [2.75, 3.05) is 6.61 Å². The van der Waals surface area contributed by atoms with Crippen LogP contribution in [0.3, 0.4) is 0 Å². The summed E-state index contributed by atoms with van der Waals surface area (Å²) in [5.41, 5.74) is 2.46. The lowest BCUT2D eigenvalue weighted by atomic mass is 9.70. The number of hydrogen-bond donors (Lipinski definition) is 1. The quantitative estimate of drug-likeness (QED) is 0.740. The zero-order chi connectivity index (χ0) is 17.4. The molecule has 1 heterocycles. The van der Waals surface area contributed by atoms with E-state index in [0.717, 1.165) is 16.7 Å². The van der Waals surface area contributed by atoms with E-state index in [1.165, 1.54) is 0 Å². The van der Waals surface area contributed by atoms with E-state index < -0.39 is 11.4 Å². The predicted octanol–water partition coefficient (Wildman–Crippen LogP) is 4.77. The summed E-state index contributed by atoms with van der Waals surface area (Å²) in [5, 5.41) is 10.1. The molecular weight excluding hydrogens is 336 g/mol. The van der Waals surface area contributed by atoms with Gasteiger partial charge in [-0.2, -0.15) is 0 Å². The monoisotopic (exact) mass is 350 g/mol. The Balaban J connectivity index is 2.04. The maximum Gasteiger partial charge on any atom is 0.339 e. The van der Waals surface area contributed by atoms with Gasteiger partial charge in [-0.1, -0.05) is 66.2 Å². The van der Waals surface area contributed by atoms with Crippen molar-refractivity contribution in [3.05, 3.63) is 100 Å². The van der Waals surface area contributed by atoms with Crippen molar-refractivity contribution in [1.29, 1.82) is 0 Å². The molecule has 3 nitrogen and oxygen atoms in total. The van der Waals surface area contributed by atoms with Gasteiger partial charge < -0.3 is 9.84 Å². The second kappa shape index (κ2) is 5.94. The summed E-state index contributed by atoms with van der Waals surface area (Å²) in [6.45, 7) is 0.330. The first-order valence-corrected chi connectivity index (χ1v) is 8.32. The van der Waals surface area contributed by atoms with Crippen LogP contribution in [0, 0.1) is 0 Å². The van der Waals surface area contributed by atoms with Gasteiger partial charge in [0, 0.05) is 10.6 Å². The van der Waals surface area contributed by atoms with Crippen LogP contribution in [0.25, 0.3) is 0 Å². The normalized spacial score (nSPS) is 18.4. The van der Waals surface area contributed by atoms with Crippen LogP contribution in [0.1, 0.15) is 27.0 Å². The van der Waals surface area contributed by atoms with Gasteiger partial charge >= 0.3 is 5.97 Å². The fraction of sp³-hybridized carbons (Fsp3) is 0.0952. The lowest BCUT2D eigenvalue weighted by Gasteiger charge is -2.29. The average molecular weight is 351 g/mol. The SMILES string of the molecule is O=C(O)c1cccc2c1OCC2(c1ccccc1)c1cccc(Cl)c1. The Morgan fingerprint density at radius 2 is 1.68 bits per heavy atom. The number of halogens is 1. The van der Waals surface area contributed by atoms with Gasteiger partial charge in [0.05, 0.1) is 5.41 Å². The van der Waals surface area contributed by atoms with Gasteiger partial charge in [0.15, 0.2) is 0 Å². The topological polar surface area (TPSA) is 46.5 Å². The third kappa shape index (κ3) is 2.39. The summed E-state index contributed by atoms with van der Waals surface area (Å²) in [6.07, 6.45) is 0. The molecule has 3 aromatic rings. The number of rotatable bonds is 3. The Hall–Kier alpha value is -2.78. The van der Waals surface area contributed by atoms with Gasteiger partial charge in [-0.05, 0) is 29.3 Å². The van der Waals surface area contributed by atoms with Crippen LogP contribution in [0.15, 0.2) is 72.8 Å².